The van der Waals surface area contributed by atoms with Gasteiger partial charge in [-0.1, -0.05) is 12.8 Å². The van der Waals surface area contributed by atoms with Gasteiger partial charge in [-0.25, -0.2) is 0 Å². The van der Waals surface area contributed by atoms with Crippen LogP contribution in [-0.2, 0) is 4.79 Å². The number of nitrogens with zero attached hydrogens (tertiary/aromatic N) is 1. The lowest BCUT2D eigenvalue weighted by Crippen LogP contribution is -2.36. The van der Waals surface area contributed by atoms with Crippen molar-refractivity contribution in [2.75, 3.05) is 26.2 Å². The van der Waals surface area contributed by atoms with Crippen LogP contribution in [0, 0.1) is 5.92 Å². The van der Waals surface area contributed by atoms with Crippen molar-refractivity contribution in [1.29, 1.82) is 0 Å². The summed E-state index contributed by atoms with van der Waals surface area (Å²) in [7, 11) is 0. The summed E-state index contributed by atoms with van der Waals surface area (Å²) in [5.41, 5.74) is 0. The molecule has 0 radical (unpaired) electrons. The van der Waals surface area contributed by atoms with Crippen LogP contribution in [0.15, 0.2) is 0 Å². The van der Waals surface area contributed by atoms with E-state index in [0.717, 1.165) is 51.7 Å². The molecule has 0 aromatic heterocycles. The van der Waals surface area contributed by atoms with Crippen molar-refractivity contribution in [2.45, 2.75) is 38.5 Å². The van der Waals surface area contributed by atoms with Gasteiger partial charge >= 0.3 is 5.97 Å². The summed E-state index contributed by atoms with van der Waals surface area (Å²) in [6.07, 6.45) is 5.93. The fourth-order valence-electron chi connectivity index (χ4n) is 2.20. The molecule has 1 rings (SSSR count). The highest BCUT2D eigenvalue weighted by molar-refractivity contribution is 5.70. The van der Waals surface area contributed by atoms with E-state index in [-0.39, 0.29) is 5.92 Å². The first kappa shape index (κ1) is 13.5. The molecule has 4 nitrogen and oxygen atoms in total. The van der Waals surface area contributed by atoms with Crippen molar-refractivity contribution in [3.05, 3.63) is 0 Å². The number of unbranched alkanes of at least 4 members (excludes halogenated alkanes) is 3. The Bertz CT molecular complexity index is 200. The van der Waals surface area contributed by atoms with E-state index in [4.69, 9.17) is 10.2 Å². The Morgan fingerprint density at radius 3 is 2.31 bits per heavy atom. The molecule has 1 heterocycles. The highest BCUT2D eigenvalue weighted by atomic mass is 16.4. The van der Waals surface area contributed by atoms with E-state index in [9.17, 15) is 4.79 Å². The molecular weight excluding hydrogens is 206 g/mol. The summed E-state index contributed by atoms with van der Waals surface area (Å²) in [6.45, 7) is 3.23. The predicted molar refractivity (Wildman–Crippen MR) is 62.4 cm³/mol. The van der Waals surface area contributed by atoms with Gasteiger partial charge in [-0.3, -0.25) is 4.79 Å². The van der Waals surface area contributed by atoms with Gasteiger partial charge in [0.1, 0.15) is 0 Å². The molecule has 2 N–H and O–H groups in total. The van der Waals surface area contributed by atoms with Crippen LogP contribution in [0.3, 0.4) is 0 Å². The van der Waals surface area contributed by atoms with E-state index in [1.165, 1.54) is 6.42 Å². The summed E-state index contributed by atoms with van der Waals surface area (Å²) < 4.78 is 0. The van der Waals surface area contributed by atoms with Gasteiger partial charge in [0.25, 0.3) is 0 Å². The Morgan fingerprint density at radius 2 is 1.75 bits per heavy atom. The molecule has 0 atom stereocenters. The third-order valence-corrected chi connectivity index (χ3v) is 3.32. The number of carbonyl (C=O) groups is 1. The van der Waals surface area contributed by atoms with Crippen LogP contribution in [0.1, 0.15) is 38.5 Å². The number of rotatable bonds is 7. The molecule has 0 aromatic rings. The maximum absolute atomic E-state index is 10.8. The van der Waals surface area contributed by atoms with Crippen LogP contribution < -0.4 is 0 Å². The highest BCUT2D eigenvalue weighted by Crippen LogP contribution is 2.17. The number of aliphatic hydroxyl groups is 1. The summed E-state index contributed by atoms with van der Waals surface area (Å²) in [4.78, 5) is 13.1. The first-order valence-electron chi connectivity index (χ1n) is 6.30. The number of aliphatic carboxylic acids is 1. The van der Waals surface area contributed by atoms with Crippen LogP contribution in [0.25, 0.3) is 0 Å². The Kier molecular flexibility index (Phi) is 6.42. The van der Waals surface area contributed by atoms with Crippen LogP contribution in [0.4, 0.5) is 0 Å². The van der Waals surface area contributed by atoms with Crippen LogP contribution in [0.5, 0.6) is 0 Å². The molecular formula is C12H23NO3. The van der Waals surface area contributed by atoms with Crippen LogP contribution in [-0.4, -0.2) is 47.3 Å². The zero-order valence-corrected chi connectivity index (χ0v) is 9.90. The molecule has 0 bridgehead atoms. The third kappa shape index (κ3) is 4.94. The van der Waals surface area contributed by atoms with Crippen LogP contribution in [0.2, 0.25) is 0 Å². The Labute approximate surface area is 97.3 Å². The van der Waals surface area contributed by atoms with Crippen LogP contribution >= 0.6 is 0 Å². The van der Waals surface area contributed by atoms with Crippen molar-refractivity contribution < 1.29 is 15.0 Å². The van der Waals surface area contributed by atoms with Crippen molar-refractivity contribution in [3.63, 3.8) is 0 Å². The standard InChI is InChI=1S/C12H23NO3/c14-10-4-2-1-3-7-13-8-5-11(6-9-13)12(15)16/h11,14H,1-10H2,(H,15,16). The molecule has 1 aliphatic rings. The van der Waals surface area contributed by atoms with Crippen molar-refractivity contribution in [3.8, 4) is 0 Å². The fourth-order valence-corrected chi connectivity index (χ4v) is 2.20. The van der Waals surface area contributed by atoms with E-state index in [0.29, 0.717) is 6.61 Å². The lowest BCUT2D eigenvalue weighted by Gasteiger charge is -2.29. The van der Waals surface area contributed by atoms with Gasteiger partial charge in [0.05, 0.1) is 5.92 Å². The SMILES string of the molecule is O=C(O)C1CCN(CCCCCCO)CC1. The first-order chi connectivity index (χ1) is 7.74. The number of hydrogen-bond donors (Lipinski definition) is 2. The molecule has 94 valence electrons. The van der Waals surface area contributed by atoms with Gasteiger partial charge in [0.2, 0.25) is 0 Å². The average Bonchev–Trinajstić information content (AvgIpc) is 2.29. The lowest BCUT2D eigenvalue weighted by atomic mass is 9.97. The second-order valence-corrected chi connectivity index (χ2v) is 4.59. The Hall–Kier alpha value is -0.610. The Balaban J connectivity index is 2.02. The van der Waals surface area contributed by atoms with E-state index in [1.807, 2.05) is 0 Å². The summed E-state index contributed by atoms with van der Waals surface area (Å²) >= 11 is 0. The van der Waals surface area contributed by atoms with E-state index in [1.54, 1.807) is 0 Å². The average molecular weight is 229 g/mol. The minimum Gasteiger partial charge on any atom is -0.481 e. The molecule has 16 heavy (non-hydrogen) atoms. The number of hydrogen-bond acceptors (Lipinski definition) is 3. The quantitative estimate of drug-likeness (QED) is 0.647. The molecule has 1 fully saturated rings. The largest absolute Gasteiger partial charge is 0.481 e. The monoisotopic (exact) mass is 229 g/mol. The molecule has 0 spiro atoms. The van der Waals surface area contributed by atoms with Gasteiger partial charge in [-0.2, -0.15) is 0 Å². The molecule has 0 amide bonds. The molecule has 0 saturated carbocycles. The summed E-state index contributed by atoms with van der Waals surface area (Å²) in [5, 5.41) is 17.5. The maximum atomic E-state index is 10.8. The minimum absolute atomic E-state index is 0.120. The minimum atomic E-state index is -0.636. The van der Waals surface area contributed by atoms with Gasteiger partial charge in [0, 0.05) is 6.61 Å². The molecule has 0 unspecified atom stereocenters. The number of carboxylic acid groups (broad SMARTS) is 1. The van der Waals surface area contributed by atoms with E-state index >= 15 is 0 Å². The molecule has 1 saturated heterocycles. The summed E-state index contributed by atoms with van der Waals surface area (Å²) in [6, 6.07) is 0. The Morgan fingerprint density at radius 1 is 1.12 bits per heavy atom. The van der Waals surface area contributed by atoms with E-state index in [2.05, 4.69) is 4.90 Å². The van der Waals surface area contributed by atoms with Crippen molar-refractivity contribution in [1.82, 2.24) is 4.90 Å². The molecule has 0 aromatic carbocycles. The summed E-state index contributed by atoms with van der Waals surface area (Å²) in [5.74, 6) is -0.756. The second kappa shape index (κ2) is 7.63. The lowest BCUT2D eigenvalue weighted by molar-refractivity contribution is -0.143. The smallest absolute Gasteiger partial charge is 0.306 e. The van der Waals surface area contributed by atoms with Gasteiger partial charge < -0.3 is 15.1 Å². The number of piperidine rings is 1. The molecule has 1 aliphatic heterocycles. The third-order valence-electron chi connectivity index (χ3n) is 3.32. The predicted octanol–water partition coefficient (Wildman–Crippen LogP) is 1.34. The van der Waals surface area contributed by atoms with Crippen molar-refractivity contribution >= 4 is 5.97 Å². The highest BCUT2D eigenvalue weighted by Gasteiger charge is 2.23. The molecule has 0 aliphatic carbocycles. The second-order valence-electron chi connectivity index (χ2n) is 4.59. The molecule has 4 heteroatoms. The van der Waals surface area contributed by atoms with Crippen molar-refractivity contribution in [2.24, 2.45) is 5.92 Å². The number of aliphatic hydroxyl groups excluding tert-OH is 1. The fraction of sp³-hybridized carbons (Fsp3) is 0.917. The van der Waals surface area contributed by atoms with Gasteiger partial charge in [-0.05, 0) is 45.3 Å². The first-order valence-corrected chi connectivity index (χ1v) is 6.30. The zero-order valence-electron chi connectivity index (χ0n) is 9.90. The maximum Gasteiger partial charge on any atom is 0.306 e. The topological polar surface area (TPSA) is 60.8 Å². The zero-order chi connectivity index (χ0) is 11.8. The number of carboxylic acids is 1. The normalized spacial score (nSPS) is 18.8. The van der Waals surface area contributed by atoms with E-state index < -0.39 is 5.97 Å². The van der Waals surface area contributed by atoms with Gasteiger partial charge in [-0.15, -0.1) is 0 Å². The number of likely N-dealkylation sites (tertiary alicyclic amines) is 1. The van der Waals surface area contributed by atoms with Gasteiger partial charge in [0.15, 0.2) is 0 Å².